The van der Waals surface area contributed by atoms with Gasteiger partial charge in [-0.05, 0) is 18.6 Å². The first-order valence-corrected chi connectivity index (χ1v) is 6.64. The van der Waals surface area contributed by atoms with E-state index in [0.717, 1.165) is 40.5 Å². The Hall–Kier alpha value is -2.16. The van der Waals surface area contributed by atoms with Gasteiger partial charge < -0.3 is 4.90 Å². The van der Waals surface area contributed by atoms with Crippen molar-refractivity contribution in [2.75, 3.05) is 18.5 Å². The number of pyridine rings is 2. The highest BCUT2D eigenvalue weighted by molar-refractivity contribution is 6.03. The molecule has 0 saturated heterocycles. The van der Waals surface area contributed by atoms with Gasteiger partial charge in [0, 0.05) is 30.6 Å². The first kappa shape index (κ1) is 11.9. The van der Waals surface area contributed by atoms with Crippen LogP contribution in [0.3, 0.4) is 0 Å². The zero-order valence-corrected chi connectivity index (χ0v) is 11.3. The summed E-state index contributed by atoms with van der Waals surface area (Å²) in [5, 5.41) is 2.28. The maximum absolute atomic E-state index is 4.61. The molecule has 3 heteroatoms. The normalized spacial score (nSPS) is 11.1. The second kappa shape index (κ2) is 4.84. The fraction of sp³-hybridized carbons (Fsp3) is 0.250. The molecule has 0 bridgehead atoms. The van der Waals surface area contributed by atoms with Gasteiger partial charge in [-0.15, -0.1) is 0 Å². The molecular weight excluding hydrogens is 234 g/mol. The third-order valence-corrected chi connectivity index (χ3v) is 3.41. The topological polar surface area (TPSA) is 29.0 Å². The average molecular weight is 251 g/mol. The maximum Gasteiger partial charge on any atom is 0.0966 e. The van der Waals surface area contributed by atoms with E-state index in [9.17, 15) is 0 Å². The van der Waals surface area contributed by atoms with Gasteiger partial charge in [0.2, 0.25) is 0 Å². The van der Waals surface area contributed by atoms with E-state index >= 15 is 0 Å². The van der Waals surface area contributed by atoms with Gasteiger partial charge in [0.15, 0.2) is 0 Å². The lowest BCUT2D eigenvalue weighted by Crippen LogP contribution is -2.17. The lowest BCUT2D eigenvalue weighted by molar-refractivity contribution is 0.851. The van der Waals surface area contributed by atoms with E-state index < -0.39 is 0 Å². The summed E-state index contributed by atoms with van der Waals surface area (Å²) in [6, 6.07) is 10.4. The first-order chi connectivity index (χ1) is 9.29. The van der Waals surface area contributed by atoms with Crippen molar-refractivity contribution in [1.82, 2.24) is 9.97 Å². The third kappa shape index (κ3) is 2.12. The number of rotatable bonds is 3. The van der Waals surface area contributed by atoms with E-state index in [1.807, 2.05) is 18.5 Å². The number of hydrogen-bond donors (Lipinski definition) is 0. The van der Waals surface area contributed by atoms with Gasteiger partial charge in [-0.25, -0.2) is 0 Å². The zero-order valence-electron chi connectivity index (χ0n) is 11.3. The Morgan fingerprint density at radius 1 is 1.05 bits per heavy atom. The Balaban J connectivity index is 2.17. The van der Waals surface area contributed by atoms with Gasteiger partial charge >= 0.3 is 0 Å². The van der Waals surface area contributed by atoms with Crippen LogP contribution in [0.25, 0.3) is 21.8 Å². The van der Waals surface area contributed by atoms with Gasteiger partial charge in [-0.2, -0.15) is 0 Å². The van der Waals surface area contributed by atoms with E-state index in [0.29, 0.717) is 0 Å². The van der Waals surface area contributed by atoms with Gasteiger partial charge in [-0.1, -0.05) is 25.1 Å². The summed E-state index contributed by atoms with van der Waals surface area (Å²) in [6.45, 7) is 3.22. The van der Waals surface area contributed by atoms with Crippen molar-refractivity contribution in [2.45, 2.75) is 13.3 Å². The van der Waals surface area contributed by atoms with Crippen LogP contribution in [0.5, 0.6) is 0 Å². The predicted octanol–water partition coefficient (Wildman–Crippen LogP) is 3.63. The number of aromatic nitrogens is 2. The van der Waals surface area contributed by atoms with Gasteiger partial charge in [0.25, 0.3) is 0 Å². The fourth-order valence-electron chi connectivity index (χ4n) is 2.40. The van der Waals surface area contributed by atoms with Gasteiger partial charge in [0.1, 0.15) is 0 Å². The lowest BCUT2D eigenvalue weighted by Gasteiger charge is -2.18. The SMILES string of the molecule is CCCN(C)c1cnc2c(ccc3cccnc32)c1. The lowest BCUT2D eigenvalue weighted by atomic mass is 10.1. The summed E-state index contributed by atoms with van der Waals surface area (Å²) in [7, 11) is 2.10. The molecule has 0 unspecified atom stereocenters. The van der Waals surface area contributed by atoms with Crippen LogP contribution in [0.15, 0.2) is 42.7 Å². The summed E-state index contributed by atoms with van der Waals surface area (Å²) < 4.78 is 0. The molecule has 0 spiro atoms. The van der Waals surface area contributed by atoms with Crippen molar-refractivity contribution in [1.29, 1.82) is 0 Å². The fourth-order valence-corrected chi connectivity index (χ4v) is 2.40. The van der Waals surface area contributed by atoms with Crippen LogP contribution in [0, 0.1) is 0 Å². The Bertz CT molecular complexity index is 721. The molecule has 2 heterocycles. The predicted molar refractivity (Wildman–Crippen MR) is 80.6 cm³/mol. The summed E-state index contributed by atoms with van der Waals surface area (Å²) in [5.41, 5.74) is 3.11. The summed E-state index contributed by atoms with van der Waals surface area (Å²) in [4.78, 5) is 11.3. The highest BCUT2D eigenvalue weighted by Gasteiger charge is 2.06. The Morgan fingerprint density at radius 3 is 2.68 bits per heavy atom. The van der Waals surface area contributed by atoms with Gasteiger partial charge in [0.05, 0.1) is 22.9 Å². The van der Waals surface area contributed by atoms with Crippen LogP contribution in [0.2, 0.25) is 0 Å². The standard InChI is InChI=1S/C16H17N3/c1-3-9-19(2)14-10-13-7-6-12-5-4-8-17-15(12)16(13)18-11-14/h4-8,10-11H,3,9H2,1-2H3. The third-order valence-electron chi connectivity index (χ3n) is 3.41. The van der Waals surface area contributed by atoms with E-state index in [4.69, 9.17) is 0 Å². The number of hydrogen-bond acceptors (Lipinski definition) is 3. The molecule has 19 heavy (non-hydrogen) atoms. The van der Waals surface area contributed by atoms with Gasteiger partial charge in [-0.3, -0.25) is 9.97 Å². The van der Waals surface area contributed by atoms with Crippen LogP contribution < -0.4 is 4.90 Å². The molecular formula is C16H17N3. The molecule has 0 fully saturated rings. The zero-order chi connectivity index (χ0) is 13.2. The number of anilines is 1. The molecule has 0 amide bonds. The largest absolute Gasteiger partial charge is 0.373 e. The highest BCUT2D eigenvalue weighted by atomic mass is 15.1. The van der Waals surface area contributed by atoms with Crippen molar-refractivity contribution in [3.8, 4) is 0 Å². The molecule has 3 rings (SSSR count). The van der Waals surface area contributed by atoms with E-state index in [-0.39, 0.29) is 0 Å². The minimum Gasteiger partial charge on any atom is -0.373 e. The second-order valence-corrected chi connectivity index (χ2v) is 4.83. The monoisotopic (exact) mass is 251 g/mol. The molecule has 0 saturated carbocycles. The van der Waals surface area contributed by atoms with Crippen LogP contribution in [0.4, 0.5) is 5.69 Å². The molecule has 0 N–H and O–H groups in total. The van der Waals surface area contributed by atoms with E-state index in [2.05, 4.69) is 53.1 Å². The molecule has 1 aromatic carbocycles. The first-order valence-electron chi connectivity index (χ1n) is 6.64. The molecule has 3 nitrogen and oxygen atoms in total. The Labute approximate surface area is 112 Å². The van der Waals surface area contributed by atoms with E-state index in [1.54, 1.807) is 0 Å². The quantitative estimate of drug-likeness (QED) is 0.666. The smallest absolute Gasteiger partial charge is 0.0966 e. The molecule has 0 aliphatic rings. The summed E-state index contributed by atoms with van der Waals surface area (Å²) >= 11 is 0. The Kier molecular flexibility index (Phi) is 3.03. The van der Waals surface area contributed by atoms with Crippen molar-refractivity contribution < 1.29 is 0 Å². The van der Waals surface area contributed by atoms with Crippen LogP contribution in [-0.4, -0.2) is 23.6 Å². The average Bonchev–Trinajstić information content (AvgIpc) is 2.46. The Morgan fingerprint density at radius 2 is 1.84 bits per heavy atom. The van der Waals surface area contributed by atoms with Crippen molar-refractivity contribution in [3.05, 3.63) is 42.7 Å². The molecule has 0 atom stereocenters. The molecule has 0 aliphatic carbocycles. The van der Waals surface area contributed by atoms with Crippen LogP contribution in [-0.2, 0) is 0 Å². The highest BCUT2D eigenvalue weighted by Crippen LogP contribution is 2.25. The second-order valence-electron chi connectivity index (χ2n) is 4.83. The van der Waals surface area contributed by atoms with Crippen molar-refractivity contribution in [3.63, 3.8) is 0 Å². The molecule has 2 aromatic heterocycles. The molecule has 0 radical (unpaired) electrons. The maximum atomic E-state index is 4.61. The summed E-state index contributed by atoms with van der Waals surface area (Å²) in [5.74, 6) is 0. The van der Waals surface area contributed by atoms with Crippen LogP contribution >= 0.6 is 0 Å². The number of benzene rings is 1. The van der Waals surface area contributed by atoms with Crippen molar-refractivity contribution >= 4 is 27.5 Å². The minimum absolute atomic E-state index is 0.977. The number of nitrogens with zero attached hydrogens (tertiary/aromatic N) is 3. The number of fused-ring (bicyclic) bond motifs is 3. The van der Waals surface area contributed by atoms with E-state index in [1.165, 1.54) is 0 Å². The molecule has 3 aromatic rings. The molecule has 96 valence electrons. The minimum atomic E-state index is 0.977. The summed E-state index contributed by atoms with van der Waals surface area (Å²) in [6.07, 6.45) is 4.89. The molecule has 0 aliphatic heterocycles. The van der Waals surface area contributed by atoms with Crippen molar-refractivity contribution in [2.24, 2.45) is 0 Å². The van der Waals surface area contributed by atoms with Crippen LogP contribution in [0.1, 0.15) is 13.3 Å².